The van der Waals surface area contributed by atoms with Gasteiger partial charge in [-0.3, -0.25) is 0 Å². The van der Waals surface area contributed by atoms with Gasteiger partial charge in [0.2, 0.25) is 0 Å². The fourth-order valence-electron chi connectivity index (χ4n) is 7.43. The Hall–Kier alpha value is -5.34. The lowest BCUT2D eigenvalue weighted by atomic mass is 9.91. The summed E-state index contributed by atoms with van der Waals surface area (Å²) >= 11 is 0. The topological polar surface area (TPSA) is 6.48 Å². The quantitative estimate of drug-likeness (QED) is 0.177. The van der Waals surface area contributed by atoms with Gasteiger partial charge in [0.15, 0.2) is 0 Å². The van der Waals surface area contributed by atoms with Crippen molar-refractivity contribution in [3.63, 3.8) is 0 Å². The van der Waals surface area contributed by atoms with Gasteiger partial charge < -0.3 is 9.80 Å². The molecule has 2 heteroatoms. The van der Waals surface area contributed by atoms with Crippen molar-refractivity contribution in [3.05, 3.63) is 161 Å². The average molecular weight is 595 g/mol. The Kier molecular flexibility index (Phi) is 6.87. The Balaban J connectivity index is 1.41. The van der Waals surface area contributed by atoms with Gasteiger partial charge in [-0.25, -0.2) is 0 Å². The molecule has 0 radical (unpaired) electrons. The number of nitrogens with zero attached hydrogens (tertiary/aromatic N) is 2. The van der Waals surface area contributed by atoms with Crippen molar-refractivity contribution in [2.45, 2.75) is 40.5 Å². The van der Waals surface area contributed by atoms with Gasteiger partial charge in [-0.05, 0) is 116 Å². The highest BCUT2D eigenvalue weighted by molar-refractivity contribution is 6.28. The van der Waals surface area contributed by atoms with Gasteiger partial charge in [-0.15, -0.1) is 0 Å². The van der Waals surface area contributed by atoms with E-state index in [0.29, 0.717) is 0 Å². The maximum Gasteiger partial charge on any atom is 0.0540 e. The summed E-state index contributed by atoms with van der Waals surface area (Å²) in [5, 5.41) is 7.68. The van der Waals surface area contributed by atoms with Crippen LogP contribution in [0.3, 0.4) is 0 Å². The molecule has 0 saturated carbocycles. The highest BCUT2D eigenvalue weighted by atomic mass is 15.2. The molecule has 0 bridgehead atoms. The molecule has 0 spiro atoms. The van der Waals surface area contributed by atoms with Gasteiger partial charge in [0, 0.05) is 33.5 Å². The fourth-order valence-corrected chi connectivity index (χ4v) is 7.43. The van der Waals surface area contributed by atoms with Crippen LogP contribution in [0.15, 0.2) is 139 Å². The highest BCUT2D eigenvalue weighted by Crippen LogP contribution is 2.47. The number of allylic oxidation sites excluding steroid dienone is 3. The van der Waals surface area contributed by atoms with Gasteiger partial charge in [-0.1, -0.05) is 102 Å². The van der Waals surface area contributed by atoms with E-state index in [1.165, 1.54) is 83.0 Å². The summed E-state index contributed by atoms with van der Waals surface area (Å²) in [5.74, 6) is 0. The van der Waals surface area contributed by atoms with E-state index >= 15 is 0 Å². The van der Waals surface area contributed by atoms with Gasteiger partial charge in [0.1, 0.15) is 0 Å². The SMILES string of the molecule is Cc1ccc(N(C2=CCCC=C2)c2ccc3ccc4c(N(c5ccccc5)c5ccc(C)cc5C)ccc5ccc2c3c54)c(C)c1. The third kappa shape index (κ3) is 4.64. The normalized spacial score (nSPS) is 13.1. The number of hydrogen-bond donors (Lipinski definition) is 0. The van der Waals surface area contributed by atoms with E-state index in [0.717, 1.165) is 18.5 Å². The second kappa shape index (κ2) is 11.2. The molecule has 1 aliphatic carbocycles. The zero-order chi connectivity index (χ0) is 31.4. The second-order valence-electron chi connectivity index (χ2n) is 12.8. The van der Waals surface area contributed by atoms with Crippen LogP contribution >= 0.6 is 0 Å². The molecule has 0 atom stereocenters. The first-order valence-corrected chi connectivity index (χ1v) is 16.3. The van der Waals surface area contributed by atoms with Gasteiger partial charge >= 0.3 is 0 Å². The minimum absolute atomic E-state index is 1.05. The Morgan fingerprint density at radius 1 is 0.478 bits per heavy atom. The first kappa shape index (κ1) is 28.2. The van der Waals surface area contributed by atoms with E-state index < -0.39 is 0 Å². The van der Waals surface area contributed by atoms with Crippen molar-refractivity contribution < 1.29 is 0 Å². The van der Waals surface area contributed by atoms with E-state index in [1.54, 1.807) is 0 Å². The lowest BCUT2D eigenvalue weighted by Gasteiger charge is -2.31. The number of hydrogen-bond acceptors (Lipinski definition) is 2. The second-order valence-corrected chi connectivity index (χ2v) is 12.8. The molecule has 2 nitrogen and oxygen atoms in total. The molecular weight excluding hydrogens is 556 g/mol. The van der Waals surface area contributed by atoms with Crippen LogP contribution in [0.4, 0.5) is 28.4 Å². The molecule has 1 aliphatic rings. The molecule has 0 N–H and O–H groups in total. The first-order chi connectivity index (χ1) is 22.5. The zero-order valence-corrected chi connectivity index (χ0v) is 27.0. The monoisotopic (exact) mass is 594 g/mol. The minimum atomic E-state index is 1.05. The summed E-state index contributed by atoms with van der Waals surface area (Å²) in [6, 6.07) is 42.9. The fraction of sp³-hybridized carbons (Fsp3) is 0.136. The van der Waals surface area contributed by atoms with Crippen LogP contribution in [-0.4, -0.2) is 0 Å². The summed E-state index contributed by atoms with van der Waals surface area (Å²) in [6.45, 7) is 8.79. The molecular formula is C44H38N2. The van der Waals surface area contributed by atoms with Crippen molar-refractivity contribution in [1.82, 2.24) is 0 Å². The van der Waals surface area contributed by atoms with Gasteiger partial charge in [0.05, 0.1) is 11.4 Å². The summed E-state index contributed by atoms with van der Waals surface area (Å²) in [7, 11) is 0. The van der Waals surface area contributed by atoms with Crippen LogP contribution < -0.4 is 9.80 Å². The predicted octanol–water partition coefficient (Wildman–Crippen LogP) is 12.7. The van der Waals surface area contributed by atoms with Crippen molar-refractivity contribution in [2.24, 2.45) is 0 Å². The van der Waals surface area contributed by atoms with Crippen LogP contribution in [0.2, 0.25) is 0 Å². The van der Waals surface area contributed by atoms with E-state index in [4.69, 9.17) is 0 Å². The minimum Gasteiger partial charge on any atom is -0.310 e. The van der Waals surface area contributed by atoms with E-state index in [9.17, 15) is 0 Å². The van der Waals surface area contributed by atoms with Crippen LogP contribution in [0.25, 0.3) is 32.3 Å². The summed E-state index contributed by atoms with van der Waals surface area (Å²) < 4.78 is 0. The molecule has 224 valence electrons. The molecule has 0 heterocycles. The van der Waals surface area contributed by atoms with Crippen LogP contribution in [0.1, 0.15) is 35.1 Å². The van der Waals surface area contributed by atoms with Crippen molar-refractivity contribution in [3.8, 4) is 0 Å². The molecule has 8 rings (SSSR count). The maximum absolute atomic E-state index is 2.48. The number of rotatable bonds is 6. The molecule has 0 amide bonds. The zero-order valence-electron chi connectivity index (χ0n) is 27.0. The predicted molar refractivity (Wildman–Crippen MR) is 199 cm³/mol. The number of benzene rings is 7. The standard InChI is InChI=1S/C44H38N2/c1-29-15-23-39(31(3)27-29)45(35-11-7-5-8-12-35)41-25-19-33-18-22-38-42(26-20-34-17-21-37(41)43(33)44(34)38)46(36-13-9-6-10-14-36)40-24-16-30(2)28-32(40)4/h5,7-9,11-28H,6,10H2,1-4H3. The number of aryl methyl sites for hydroxylation is 4. The number of para-hydroxylation sites is 1. The summed E-state index contributed by atoms with van der Waals surface area (Å²) in [4.78, 5) is 4.91. The van der Waals surface area contributed by atoms with Crippen molar-refractivity contribution in [1.29, 1.82) is 0 Å². The van der Waals surface area contributed by atoms with Crippen molar-refractivity contribution in [2.75, 3.05) is 9.80 Å². The average Bonchev–Trinajstić information content (AvgIpc) is 3.07. The first-order valence-electron chi connectivity index (χ1n) is 16.3. The van der Waals surface area contributed by atoms with Gasteiger partial charge in [-0.2, -0.15) is 0 Å². The molecule has 0 fully saturated rings. The molecule has 7 aromatic rings. The van der Waals surface area contributed by atoms with Crippen LogP contribution in [-0.2, 0) is 0 Å². The van der Waals surface area contributed by atoms with E-state index in [2.05, 4.69) is 171 Å². The molecule has 0 aliphatic heterocycles. The molecule has 46 heavy (non-hydrogen) atoms. The van der Waals surface area contributed by atoms with E-state index in [1.807, 2.05) is 0 Å². The largest absolute Gasteiger partial charge is 0.310 e. The highest BCUT2D eigenvalue weighted by Gasteiger charge is 2.23. The Morgan fingerprint density at radius 2 is 1.00 bits per heavy atom. The molecule has 7 aromatic carbocycles. The Morgan fingerprint density at radius 3 is 1.54 bits per heavy atom. The molecule has 0 aromatic heterocycles. The maximum atomic E-state index is 2.48. The van der Waals surface area contributed by atoms with Gasteiger partial charge in [0.25, 0.3) is 0 Å². The Bertz CT molecular complexity index is 2310. The smallest absolute Gasteiger partial charge is 0.0540 e. The van der Waals surface area contributed by atoms with Crippen LogP contribution in [0, 0.1) is 27.7 Å². The van der Waals surface area contributed by atoms with E-state index in [-0.39, 0.29) is 0 Å². The molecule has 0 saturated heterocycles. The third-order valence-electron chi connectivity index (χ3n) is 9.53. The summed E-state index contributed by atoms with van der Waals surface area (Å²) in [5.41, 5.74) is 12.3. The Labute approximate surface area is 271 Å². The van der Waals surface area contributed by atoms with Crippen LogP contribution in [0.5, 0.6) is 0 Å². The lowest BCUT2D eigenvalue weighted by Crippen LogP contribution is -2.18. The third-order valence-corrected chi connectivity index (χ3v) is 9.53. The molecule has 0 unspecified atom stereocenters. The summed E-state index contributed by atoms with van der Waals surface area (Å²) in [6.07, 6.45) is 9.12. The lowest BCUT2D eigenvalue weighted by molar-refractivity contribution is 0.996. The van der Waals surface area contributed by atoms with Crippen molar-refractivity contribution >= 4 is 60.8 Å². The number of anilines is 5.